The van der Waals surface area contributed by atoms with E-state index in [-0.39, 0.29) is 49.1 Å². The molecule has 13 heteroatoms. The van der Waals surface area contributed by atoms with Crippen LogP contribution in [0, 0.1) is 17.8 Å². The molecule has 306 valence electrons. The van der Waals surface area contributed by atoms with Gasteiger partial charge in [0, 0.05) is 36.6 Å². The van der Waals surface area contributed by atoms with E-state index in [0.717, 1.165) is 83.1 Å². The van der Waals surface area contributed by atoms with E-state index in [2.05, 4.69) is 42.0 Å². The summed E-state index contributed by atoms with van der Waals surface area (Å²) in [6, 6.07) is -6.77. The topological polar surface area (TPSA) is 192 Å². The molecule has 1 aliphatic heterocycles. The number of aldehydes is 5. The molecule has 1 aliphatic carbocycles. The van der Waals surface area contributed by atoms with E-state index in [1.165, 1.54) is 0 Å². The molecule has 0 aromatic carbocycles. The van der Waals surface area contributed by atoms with Gasteiger partial charge in [0.1, 0.15) is 31.4 Å². The Morgan fingerprint density at radius 3 is 1.98 bits per heavy atom. The van der Waals surface area contributed by atoms with Gasteiger partial charge in [0.05, 0.1) is 55.1 Å². The van der Waals surface area contributed by atoms with Crippen LogP contribution in [0.25, 0.3) is 0 Å². The number of nitrogens with one attached hydrogen (secondary N) is 4. The van der Waals surface area contributed by atoms with Gasteiger partial charge >= 0.3 is 0 Å². The highest BCUT2D eigenvalue weighted by Crippen LogP contribution is 2.30. The quantitative estimate of drug-likeness (QED) is 0.105. The van der Waals surface area contributed by atoms with Crippen LogP contribution in [0.15, 0.2) is 0 Å². The summed E-state index contributed by atoms with van der Waals surface area (Å²) < 4.78 is 6.60. The van der Waals surface area contributed by atoms with Gasteiger partial charge in [-0.1, -0.05) is 72.6 Å². The maximum atomic E-state index is 13.2. The summed E-state index contributed by atoms with van der Waals surface area (Å²) >= 11 is 0. The smallest absolute Gasteiger partial charge is 0.138 e. The van der Waals surface area contributed by atoms with Crippen molar-refractivity contribution in [2.75, 3.05) is 20.2 Å². The molecule has 1 heterocycles. The molecule has 13 nitrogen and oxygen atoms in total. The minimum Gasteiger partial charge on any atom is -0.392 e. The van der Waals surface area contributed by atoms with Crippen LogP contribution in [0.2, 0.25) is 0 Å². The number of hydrogen-bond donors (Lipinski definition) is 6. The number of nitrogens with two attached hydrogens (primary N) is 1. The van der Waals surface area contributed by atoms with Gasteiger partial charge in [-0.25, -0.2) is 0 Å². The average molecular weight is 751 g/mol. The maximum absolute atomic E-state index is 13.2. The summed E-state index contributed by atoms with van der Waals surface area (Å²) in [5.41, 5.74) is 6.26. The zero-order valence-electron chi connectivity index (χ0n) is 33.7. The molecular formula is C40H74N6O7. The van der Waals surface area contributed by atoms with Gasteiger partial charge < -0.3 is 55.5 Å². The molecule has 2 rings (SSSR count). The largest absolute Gasteiger partial charge is 0.392 e. The second-order valence-electron chi connectivity index (χ2n) is 16.3. The number of aliphatic hydroxyl groups is 1. The normalized spacial score (nSPS) is 36.0. The van der Waals surface area contributed by atoms with Gasteiger partial charge in [0.15, 0.2) is 0 Å². The number of aliphatic hydroxyl groups excluding tert-OH is 1. The van der Waals surface area contributed by atoms with Crippen LogP contribution in [0.3, 0.4) is 0 Å². The van der Waals surface area contributed by atoms with Gasteiger partial charge in [0.25, 0.3) is 0 Å². The maximum Gasteiger partial charge on any atom is 0.138 e. The second kappa shape index (κ2) is 25.2. The monoisotopic (exact) mass is 751 g/mol. The van der Waals surface area contributed by atoms with Crippen LogP contribution in [0.1, 0.15) is 112 Å². The number of nitrogens with zero attached hydrogens (tertiary/aromatic N) is 1. The Labute approximate surface area is 319 Å². The summed E-state index contributed by atoms with van der Waals surface area (Å²) in [6.07, 6.45) is 13.1. The van der Waals surface area contributed by atoms with Crippen LogP contribution < -0.4 is 27.0 Å². The lowest BCUT2D eigenvalue weighted by Gasteiger charge is -2.44. The van der Waals surface area contributed by atoms with Gasteiger partial charge in [-0.15, -0.1) is 0 Å². The Hall–Kier alpha value is -1.97. The van der Waals surface area contributed by atoms with Crippen LogP contribution >= 0.6 is 0 Å². The molecule has 5 unspecified atom stereocenters. The van der Waals surface area contributed by atoms with Crippen molar-refractivity contribution in [1.29, 1.82) is 0 Å². The van der Waals surface area contributed by atoms with Crippen molar-refractivity contribution in [3.63, 3.8) is 0 Å². The molecule has 53 heavy (non-hydrogen) atoms. The first-order valence-corrected chi connectivity index (χ1v) is 20.4. The summed E-state index contributed by atoms with van der Waals surface area (Å²) in [5.74, 6) is 0.0261. The molecule has 1 saturated carbocycles. The highest BCUT2D eigenvalue weighted by Gasteiger charge is 2.41. The van der Waals surface area contributed by atoms with Crippen molar-refractivity contribution in [2.45, 2.75) is 185 Å². The zero-order chi connectivity index (χ0) is 39.5. The van der Waals surface area contributed by atoms with Crippen molar-refractivity contribution in [3.05, 3.63) is 0 Å². The minimum atomic E-state index is -1.04. The van der Waals surface area contributed by atoms with E-state index in [0.29, 0.717) is 19.0 Å². The Kier molecular flexibility index (Phi) is 22.5. The van der Waals surface area contributed by atoms with E-state index in [4.69, 9.17) is 10.5 Å². The molecule has 2 fully saturated rings. The predicted octanol–water partition coefficient (Wildman–Crippen LogP) is 1.95. The summed E-state index contributed by atoms with van der Waals surface area (Å²) in [7, 11) is 1.91. The number of ether oxygens (including phenoxy) is 1. The first-order valence-electron chi connectivity index (χ1n) is 20.4. The number of likely N-dealkylation sites (N-methyl/N-ethyl adjacent to an activating group) is 1. The molecule has 13 atom stereocenters. The van der Waals surface area contributed by atoms with Crippen LogP contribution in [0.5, 0.6) is 0 Å². The molecule has 0 spiro atoms. The average Bonchev–Trinajstić information content (AvgIpc) is 3.15. The van der Waals surface area contributed by atoms with Crippen LogP contribution in [-0.2, 0) is 28.7 Å². The van der Waals surface area contributed by atoms with E-state index in [1.807, 2.05) is 25.8 Å². The van der Waals surface area contributed by atoms with Crippen molar-refractivity contribution in [3.8, 4) is 0 Å². The molecule has 0 bridgehead atoms. The van der Waals surface area contributed by atoms with E-state index in [9.17, 15) is 29.1 Å². The zero-order valence-corrected chi connectivity index (χ0v) is 33.7. The molecule has 1 saturated heterocycles. The highest BCUT2D eigenvalue weighted by atomic mass is 16.5. The Morgan fingerprint density at radius 1 is 0.811 bits per heavy atom. The molecule has 7 N–H and O–H groups in total. The number of hydrogen-bond acceptors (Lipinski definition) is 13. The number of rotatable bonds is 15. The van der Waals surface area contributed by atoms with Crippen molar-refractivity contribution in [1.82, 2.24) is 26.2 Å². The molecule has 0 aromatic heterocycles. The van der Waals surface area contributed by atoms with Gasteiger partial charge in [-0.2, -0.15) is 0 Å². The van der Waals surface area contributed by atoms with Gasteiger partial charge in [0.2, 0.25) is 0 Å². The second-order valence-corrected chi connectivity index (χ2v) is 16.3. The fourth-order valence-corrected chi connectivity index (χ4v) is 8.52. The summed E-state index contributed by atoms with van der Waals surface area (Å²) in [5, 5.41) is 24.3. The van der Waals surface area contributed by atoms with E-state index < -0.39 is 54.4 Å². The fourth-order valence-electron chi connectivity index (χ4n) is 8.52. The Morgan fingerprint density at radius 2 is 1.45 bits per heavy atom. The van der Waals surface area contributed by atoms with Crippen molar-refractivity contribution < 1.29 is 33.8 Å². The molecular weight excluding hydrogens is 676 g/mol. The standard InChI is InChI=1S/C40H74N6O7/c1-8-9-10-14-17-38-28(5)37(24-51)46(7)36(18-26(2)3)33(21-48)45-40(30-15-12-11-13-16-30)35(23-50)43-31(19-41)32(20-47)44-39(29(6)52)34(22-49)42-27(4)25-53-38/h20-24,26-40,42-45,52H,8-19,25,41H2,1-7H3/t27-,28-,29+,31+,32?,33?,34?,35?,36+,37?,38-,39-,40+/m1/s1. The minimum absolute atomic E-state index is 0.0253. The van der Waals surface area contributed by atoms with Crippen molar-refractivity contribution >= 4 is 31.4 Å². The summed E-state index contributed by atoms with van der Waals surface area (Å²) in [6.45, 7) is 12.0. The van der Waals surface area contributed by atoms with Gasteiger partial charge in [-0.05, 0) is 58.4 Å². The SMILES string of the molecule is CCCCCC[C@H]1OC[C@@H](C)NC(C=O)[C@@H]([C@H](C)O)NC(C=O)[C@H](CN)NC(C=O)[C@H](C2CCCCC2)NC(C=O)[C@H](CC(C)C)N(C)C(C=O)[C@H]1C. The van der Waals surface area contributed by atoms with E-state index in [1.54, 1.807) is 6.92 Å². The molecule has 0 aromatic rings. The third-order valence-corrected chi connectivity index (χ3v) is 11.7. The lowest BCUT2D eigenvalue weighted by atomic mass is 9.80. The molecule has 0 radical (unpaired) electrons. The molecule has 2 aliphatic rings. The lowest BCUT2D eigenvalue weighted by molar-refractivity contribution is -0.121. The Bertz CT molecular complexity index is 1060. The third-order valence-electron chi connectivity index (χ3n) is 11.7. The van der Waals surface area contributed by atoms with Gasteiger partial charge in [-0.3, -0.25) is 10.2 Å². The highest BCUT2D eigenvalue weighted by molar-refractivity contribution is 5.64. The number of carbonyl (C=O) groups is 5. The first-order chi connectivity index (χ1) is 25.4. The van der Waals surface area contributed by atoms with Crippen LogP contribution in [-0.4, -0.2) is 134 Å². The van der Waals surface area contributed by atoms with E-state index >= 15 is 0 Å². The summed E-state index contributed by atoms with van der Waals surface area (Å²) in [4.78, 5) is 66.6. The first kappa shape index (κ1) is 47.2. The third kappa shape index (κ3) is 14.6. The number of unbranched alkanes of at least 4 members (excludes halogenated alkanes) is 3. The fraction of sp³-hybridized carbons (Fsp3) is 0.875. The lowest BCUT2D eigenvalue weighted by Crippen LogP contribution is -2.67. The number of carbonyl (C=O) groups excluding carboxylic acids is 5. The predicted molar refractivity (Wildman–Crippen MR) is 209 cm³/mol. The van der Waals surface area contributed by atoms with Crippen LogP contribution in [0.4, 0.5) is 0 Å². The molecule has 0 amide bonds. The Balaban J connectivity index is 2.74. The van der Waals surface area contributed by atoms with Crippen molar-refractivity contribution in [2.24, 2.45) is 23.5 Å².